The molecule has 1 spiro atoms. The highest BCUT2D eigenvalue weighted by Crippen LogP contribution is 2.53. The number of rotatable bonds is 17. The molecule has 1 unspecified atom stereocenters. The summed E-state index contributed by atoms with van der Waals surface area (Å²) in [7, 11) is -6.55. The number of piperazine rings is 1. The maximum absolute atomic E-state index is 14.1. The zero-order chi connectivity index (χ0) is 55.1. The number of nitro groups is 1. The molecular weight excluding hydrogens is 1030 g/mol. The van der Waals surface area contributed by atoms with Gasteiger partial charge < -0.3 is 29.8 Å². The van der Waals surface area contributed by atoms with Gasteiger partial charge in [0.05, 0.1) is 34.3 Å². The number of sulfonamides is 1. The Labute approximate surface area is 456 Å². The van der Waals surface area contributed by atoms with Crippen LogP contribution in [0.1, 0.15) is 111 Å². The molecule has 4 aliphatic rings. The topological polar surface area (TPSA) is 230 Å². The maximum atomic E-state index is 14.1. The van der Waals surface area contributed by atoms with Crippen molar-refractivity contribution in [2.24, 2.45) is 11.3 Å². The number of aromatic amines is 1. The number of sulfone groups is 1. The minimum absolute atomic E-state index is 0.0516. The molecule has 414 valence electrons. The number of nitro benzene ring substituents is 1. The third-order valence-corrected chi connectivity index (χ3v) is 19.3. The van der Waals surface area contributed by atoms with E-state index in [4.69, 9.17) is 9.47 Å². The summed E-state index contributed by atoms with van der Waals surface area (Å²) in [6.07, 6.45) is 11.3. The third-order valence-electron chi connectivity index (χ3n) is 16.8. The van der Waals surface area contributed by atoms with E-state index in [1.807, 2.05) is 18.2 Å². The summed E-state index contributed by atoms with van der Waals surface area (Å²) in [5.74, 6) is 0.382. The number of carbonyl (C=O) groups excluding carboxylic acids is 1. The van der Waals surface area contributed by atoms with E-state index in [0.717, 1.165) is 94.0 Å². The van der Waals surface area contributed by atoms with Gasteiger partial charge in [-0.3, -0.25) is 24.7 Å². The Bertz CT molecular complexity index is 3430. The number of aliphatic hydroxyl groups is 1. The van der Waals surface area contributed by atoms with Gasteiger partial charge in [-0.1, -0.05) is 44.2 Å². The molecule has 2 aliphatic carbocycles. The lowest BCUT2D eigenvalue weighted by Gasteiger charge is -2.58. The van der Waals surface area contributed by atoms with Gasteiger partial charge in [-0.05, 0) is 141 Å². The molecule has 0 radical (unpaired) electrons. The van der Waals surface area contributed by atoms with Crippen molar-refractivity contribution in [1.82, 2.24) is 24.5 Å². The zero-order valence-electron chi connectivity index (χ0n) is 44.9. The number of hydrogen-bond donors (Lipinski definition) is 4. The molecule has 2 saturated heterocycles. The Morgan fingerprint density at radius 3 is 2.40 bits per heavy atom. The Hall–Kier alpha value is -6.58. The smallest absolute Gasteiger partial charge is 0.293 e. The van der Waals surface area contributed by atoms with E-state index >= 15 is 0 Å². The van der Waals surface area contributed by atoms with Gasteiger partial charge in [0.15, 0.2) is 9.84 Å². The van der Waals surface area contributed by atoms with Crippen molar-refractivity contribution in [3.05, 3.63) is 136 Å². The van der Waals surface area contributed by atoms with Crippen LogP contribution in [-0.4, -0.2) is 117 Å². The Balaban J connectivity index is 0.831. The lowest BCUT2D eigenvalue weighted by atomic mass is 9.59. The van der Waals surface area contributed by atoms with Crippen LogP contribution in [0.15, 0.2) is 113 Å². The summed E-state index contributed by atoms with van der Waals surface area (Å²) in [5, 5.41) is 26.5. The molecule has 20 heteroatoms. The van der Waals surface area contributed by atoms with Crippen molar-refractivity contribution in [1.29, 1.82) is 0 Å². The Kier molecular flexibility index (Phi) is 15.4. The first-order valence-electron chi connectivity index (χ1n) is 26.9. The minimum Gasteiger partial charge on any atom is -0.495 e. The number of hydrogen-bond acceptors (Lipinski definition) is 15. The number of fused-ring (bicyclic) bond motifs is 1. The number of amides is 1. The van der Waals surface area contributed by atoms with Crippen molar-refractivity contribution in [3.63, 3.8) is 0 Å². The molecule has 10 rings (SSSR count). The van der Waals surface area contributed by atoms with Crippen LogP contribution >= 0.6 is 0 Å². The largest absolute Gasteiger partial charge is 0.495 e. The highest BCUT2D eigenvalue weighted by atomic mass is 32.2. The molecule has 4 heterocycles. The van der Waals surface area contributed by atoms with Gasteiger partial charge in [-0.2, -0.15) is 0 Å². The number of benzene rings is 4. The van der Waals surface area contributed by atoms with Gasteiger partial charge in [0, 0.05) is 93.6 Å². The first-order valence-corrected chi connectivity index (χ1v) is 30.3. The minimum atomic E-state index is -4.61. The van der Waals surface area contributed by atoms with Crippen LogP contribution < -0.4 is 24.4 Å². The van der Waals surface area contributed by atoms with Crippen LogP contribution in [0.2, 0.25) is 0 Å². The number of carbonyl (C=O) groups is 1. The molecule has 2 aromatic heterocycles. The quantitative estimate of drug-likeness (QED) is 0.0492. The summed E-state index contributed by atoms with van der Waals surface area (Å²) < 4.78 is 66.7. The summed E-state index contributed by atoms with van der Waals surface area (Å²) in [4.78, 5) is 40.5. The number of H-pyrrole nitrogens is 1. The van der Waals surface area contributed by atoms with E-state index in [1.54, 1.807) is 43.5 Å². The standard InChI is InChI=1S/C58H70N8O10S2/c1-38(2)46-8-6-7-9-47(46)51-37-63(36-40-10-15-54(77(5,71)72)53(28-40)75-4)26-27-65(51)43-32-58(33-43)21-24-64(25-22-58)42-11-13-48(52(30-42)76-44-29-41-18-23-59-55(41)61-35-44)56(67)62-78(73,74)45-12-14-49(50(31-45)66(69)70)60-34-39-16-19-57(3,68)20-17-39/h6-15,18,23,28-31,35,38-39,43,51,60,68H,16-17,19-22,24-27,32-34,36-37H2,1-5H3,(H,59,61)(H,62,67). The van der Waals surface area contributed by atoms with E-state index in [1.165, 1.54) is 42.8 Å². The summed E-state index contributed by atoms with van der Waals surface area (Å²) in [5.41, 5.74) is 4.27. The zero-order valence-corrected chi connectivity index (χ0v) is 46.5. The van der Waals surface area contributed by atoms with Crippen molar-refractivity contribution in [2.45, 2.75) is 112 Å². The highest BCUT2D eigenvalue weighted by molar-refractivity contribution is 7.91. The first kappa shape index (κ1) is 54.8. The molecule has 6 aromatic rings. The number of aromatic nitrogens is 2. The van der Waals surface area contributed by atoms with Gasteiger partial charge in [0.25, 0.3) is 21.6 Å². The van der Waals surface area contributed by atoms with E-state index in [2.05, 4.69) is 72.8 Å². The predicted molar refractivity (Wildman–Crippen MR) is 300 cm³/mol. The van der Waals surface area contributed by atoms with Crippen LogP contribution in [0.3, 0.4) is 0 Å². The third kappa shape index (κ3) is 11.9. The van der Waals surface area contributed by atoms with Crippen LogP contribution in [0.25, 0.3) is 11.0 Å². The van der Waals surface area contributed by atoms with Gasteiger partial charge in [0.2, 0.25) is 0 Å². The Morgan fingerprint density at radius 2 is 1.68 bits per heavy atom. The van der Waals surface area contributed by atoms with Gasteiger partial charge >= 0.3 is 0 Å². The molecule has 18 nitrogen and oxygen atoms in total. The van der Waals surface area contributed by atoms with Crippen molar-refractivity contribution in [3.8, 4) is 17.2 Å². The molecule has 4 fully saturated rings. The normalized spacial score (nSPS) is 21.3. The van der Waals surface area contributed by atoms with Crippen LogP contribution in [0.4, 0.5) is 17.1 Å². The summed E-state index contributed by atoms with van der Waals surface area (Å²) >= 11 is 0. The molecule has 2 aliphatic heterocycles. The average molecular weight is 1100 g/mol. The van der Waals surface area contributed by atoms with Crippen LogP contribution in [-0.2, 0) is 26.4 Å². The van der Waals surface area contributed by atoms with Crippen molar-refractivity contribution >= 4 is 53.9 Å². The Morgan fingerprint density at radius 1 is 0.923 bits per heavy atom. The molecule has 4 aromatic carbocycles. The average Bonchev–Trinajstić information content (AvgIpc) is 4.01. The lowest BCUT2D eigenvalue weighted by molar-refractivity contribution is -0.384. The number of pyridine rings is 1. The van der Waals surface area contributed by atoms with Gasteiger partial charge in [0.1, 0.15) is 33.5 Å². The molecule has 1 atom stereocenters. The fourth-order valence-electron chi connectivity index (χ4n) is 12.3. The van der Waals surface area contributed by atoms with E-state index in [-0.39, 0.29) is 39.3 Å². The number of methoxy groups -OCH3 is 1. The number of anilines is 2. The second-order valence-electron chi connectivity index (χ2n) is 22.6. The number of nitrogens with zero attached hydrogens (tertiary/aromatic N) is 5. The second-order valence-corrected chi connectivity index (χ2v) is 26.3. The predicted octanol–water partition coefficient (Wildman–Crippen LogP) is 9.58. The number of piperidine rings is 1. The van der Waals surface area contributed by atoms with Gasteiger partial charge in [-0.25, -0.2) is 26.5 Å². The molecule has 0 bridgehead atoms. The monoisotopic (exact) mass is 1100 g/mol. The summed E-state index contributed by atoms with van der Waals surface area (Å²) in [6.45, 7) is 11.5. The molecule has 78 heavy (non-hydrogen) atoms. The van der Waals surface area contributed by atoms with E-state index < -0.39 is 46.9 Å². The van der Waals surface area contributed by atoms with Gasteiger partial charge in [-0.15, -0.1) is 0 Å². The molecule has 1 amide bonds. The molecule has 4 N–H and O–H groups in total. The summed E-state index contributed by atoms with van der Waals surface area (Å²) in [6, 6.07) is 27.0. The molecular formula is C58H70N8O10S2. The van der Waals surface area contributed by atoms with Crippen molar-refractivity contribution < 1.29 is 41.1 Å². The SMILES string of the molecule is COc1cc(CN2CCN(C3CC4(CCN(c5ccc(C(=O)NS(=O)(=O)c6ccc(NCC7CCC(C)(O)CC7)c([N+](=O)[O-])c6)c(Oc6cnc7[nH]ccc7c6)c5)CC4)C3)C(c3ccccc3C(C)C)C2)ccc1S(C)(=O)=O. The maximum Gasteiger partial charge on any atom is 0.293 e. The fourth-order valence-corrected chi connectivity index (χ4v) is 14.1. The van der Waals surface area contributed by atoms with Crippen LogP contribution in [0, 0.1) is 21.4 Å². The van der Waals surface area contributed by atoms with Crippen LogP contribution in [0.5, 0.6) is 17.2 Å². The lowest BCUT2D eigenvalue weighted by Crippen LogP contribution is -2.60. The van der Waals surface area contributed by atoms with Crippen molar-refractivity contribution in [2.75, 3.05) is 62.9 Å². The number of nitrogens with one attached hydrogen (secondary N) is 3. The van der Waals surface area contributed by atoms with E-state index in [9.17, 15) is 36.9 Å². The highest BCUT2D eigenvalue weighted by Gasteiger charge is 2.50. The second kappa shape index (κ2) is 21.9. The van der Waals surface area contributed by atoms with E-state index in [0.29, 0.717) is 55.0 Å². The number of ether oxygens (including phenoxy) is 2. The molecule has 2 saturated carbocycles. The first-order chi connectivity index (χ1) is 37.2. The fraction of sp³-hybridized carbons (Fsp3) is 0.448.